The Morgan fingerprint density at radius 3 is 2.05 bits per heavy atom. The zero-order chi connectivity index (χ0) is 29.4. The molecule has 1 aliphatic heterocycles. The van der Waals surface area contributed by atoms with Crippen LogP contribution in [0.2, 0.25) is 0 Å². The Morgan fingerprint density at radius 2 is 1.52 bits per heavy atom. The average Bonchev–Trinajstić information content (AvgIpc) is 3.17. The van der Waals surface area contributed by atoms with E-state index in [1.165, 1.54) is 12.0 Å². The summed E-state index contributed by atoms with van der Waals surface area (Å²) >= 11 is 0. The Hall–Kier alpha value is -4.06. The van der Waals surface area contributed by atoms with Gasteiger partial charge in [-0.2, -0.15) is 0 Å². The quantitative estimate of drug-likeness (QED) is 0.190. The third-order valence-electron chi connectivity index (χ3n) is 7.17. The number of ketones is 1. The molecule has 0 aromatic heterocycles. The van der Waals surface area contributed by atoms with Crippen molar-refractivity contribution in [2.75, 3.05) is 12.0 Å². The van der Waals surface area contributed by atoms with Gasteiger partial charge in [0.05, 0.1) is 30.4 Å². The standard InChI is InChI=1S/C34H39NO5/c1-20(2)22-9-14-25(15-10-22)35-30(23-11-16-26(17-12-23)40-21(3)4)29(32(37)33(35)38)31(36)27-19-24(34(5,6)7)13-18-28(27)39-8/h9-21,30,36H,1-8H3/b31-29+. The monoisotopic (exact) mass is 541 g/mol. The molecule has 1 heterocycles. The molecule has 210 valence electrons. The Labute approximate surface area is 237 Å². The summed E-state index contributed by atoms with van der Waals surface area (Å²) in [4.78, 5) is 28.8. The molecule has 1 aliphatic rings. The second-order valence-electron chi connectivity index (χ2n) is 11.8. The van der Waals surface area contributed by atoms with E-state index in [9.17, 15) is 14.7 Å². The van der Waals surface area contributed by atoms with E-state index in [0.717, 1.165) is 11.1 Å². The topological polar surface area (TPSA) is 76.1 Å². The summed E-state index contributed by atoms with van der Waals surface area (Å²) in [6.07, 6.45) is -0.00137. The van der Waals surface area contributed by atoms with Gasteiger partial charge in [-0.3, -0.25) is 14.5 Å². The number of amides is 1. The first kappa shape index (κ1) is 28.9. The summed E-state index contributed by atoms with van der Waals surface area (Å²) in [5.74, 6) is -0.307. The predicted octanol–water partition coefficient (Wildman–Crippen LogP) is 7.53. The lowest BCUT2D eigenvalue weighted by atomic mass is 9.85. The molecule has 1 amide bonds. The fourth-order valence-corrected chi connectivity index (χ4v) is 4.94. The number of Topliss-reactive ketones (excluding diaryl/α,β-unsaturated/α-hetero) is 1. The number of nitrogens with zero attached hydrogens (tertiary/aromatic N) is 1. The van der Waals surface area contributed by atoms with Gasteiger partial charge in [0, 0.05) is 5.69 Å². The Balaban J connectivity index is 1.94. The van der Waals surface area contributed by atoms with Crippen molar-refractivity contribution >= 4 is 23.1 Å². The molecule has 1 saturated heterocycles. The van der Waals surface area contributed by atoms with Crippen molar-refractivity contribution in [3.8, 4) is 11.5 Å². The summed E-state index contributed by atoms with van der Waals surface area (Å²) in [5.41, 5.74) is 3.50. The normalized spacial score (nSPS) is 17.1. The van der Waals surface area contributed by atoms with Crippen LogP contribution in [0.4, 0.5) is 5.69 Å². The smallest absolute Gasteiger partial charge is 0.300 e. The van der Waals surface area contributed by atoms with E-state index in [4.69, 9.17) is 9.47 Å². The lowest BCUT2D eigenvalue weighted by Crippen LogP contribution is -2.29. The number of ether oxygens (including phenoxy) is 2. The van der Waals surface area contributed by atoms with Crippen molar-refractivity contribution in [3.05, 3.63) is 94.6 Å². The van der Waals surface area contributed by atoms with E-state index in [-0.39, 0.29) is 22.9 Å². The molecule has 40 heavy (non-hydrogen) atoms. The number of anilines is 1. The second kappa shape index (κ2) is 11.2. The zero-order valence-corrected chi connectivity index (χ0v) is 24.6. The van der Waals surface area contributed by atoms with Crippen molar-refractivity contribution in [1.29, 1.82) is 0 Å². The van der Waals surface area contributed by atoms with Gasteiger partial charge in [-0.15, -0.1) is 0 Å². The van der Waals surface area contributed by atoms with Crippen LogP contribution in [0, 0.1) is 0 Å². The summed E-state index contributed by atoms with van der Waals surface area (Å²) in [6, 6.07) is 19.6. The highest BCUT2D eigenvalue weighted by atomic mass is 16.5. The molecule has 0 spiro atoms. The number of carbonyl (C=O) groups is 2. The fourth-order valence-electron chi connectivity index (χ4n) is 4.94. The Morgan fingerprint density at radius 1 is 0.900 bits per heavy atom. The van der Waals surface area contributed by atoms with Crippen LogP contribution >= 0.6 is 0 Å². The Bertz CT molecular complexity index is 1430. The van der Waals surface area contributed by atoms with Crippen LogP contribution in [0.1, 0.15) is 82.7 Å². The third kappa shape index (κ3) is 5.62. The Kier molecular flexibility index (Phi) is 8.10. The molecule has 0 aliphatic carbocycles. The van der Waals surface area contributed by atoms with E-state index in [1.54, 1.807) is 6.07 Å². The van der Waals surface area contributed by atoms with Crippen LogP contribution in [-0.2, 0) is 15.0 Å². The number of hydrogen-bond donors (Lipinski definition) is 1. The lowest BCUT2D eigenvalue weighted by molar-refractivity contribution is -0.132. The second-order valence-corrected chi connectivity index (χ2v) is 11.8. The maximum Gasteiger partial charge on any atom is 0.300 e. The first-order chi connectivity index (χ1) is 18.8. The van der Waals surface area contributed by atoms with E-state index >= 15 is 0 Å². The number of methoxy groups -OCH3 is 1. The van der Waals surface area contributed by atoms with E-state index < -0.39 is 17.7 Å². The molecular formula is C34H39NO5. The van der Waals surface area contributed by atoms with Crippen molar-refractivity contribution < 1.29 is 24.2 Å². The molecule has 1 unspecified atom stereocenters. The number of aliphatic hydroxyl groups is 1. The zero-order valence-electron chi connectivity index (χ0n) is 24.6. The molecule has 1 atom stereocenters. The van der Waals surface area contributed by atoms with Gasteiger partial charge in [-0.1, -0.05) is 65.0 Å². The van der Waals surface area contributed by atoms with Gasteiger partial charge in [-0.05, 0) is 78.3 Å². The first-order valence-electron chi connectivity index (χ1n) is 13.7. The van der Waals surface area contributed by atoms with Crippen LogP contribution < -0.4 is 14.4 Å². The molecule has 1 N–H and O–H groups in total. The van der Waals surface area contributed by atoms with Crippen LogP contribution in [0.25, 0.3) is 5.76 Å². The SMILES string of the molecule is COc1ccc(C(C)(C)C)cc1/C(O)=C1\C(=O)C(=O)N(c2ccc(C(C)C)cc2)C1c1ccc(OC(C)C)cc1. The van der Waals surface area contributed by atoms with Gasteiger partial charge in [-0.25, -0.2) is 0 Å². The summed E-state index contributed by atoms with van der Waals surface area (Å²) in [6.45, 7) is 14.3. The summed E-state index contributed by atoms with van der Waals surface area (Å²) in [5, 5.41) is 11.8. The molecule has 0 saturated carbocycles. The molecule has 6 nitrogen and oxygen atoms in total. The highest BCUT2D eigenvalue weighted by Gasteiger charge is 2.47. The molecule has 0 bridgehead atoms. The molecule has 6 heteroatoms. The number of rotatable bonds is 7. The van der Waals surface area contributed by atoms with Gasteiger partial charge in [0.15, 0.2) is 0 Å². The molecule has 4 rings (SSSR count). The van der Waals surface area contributed by atoms with E-state index in [0.29, 0.717) is 34.2 Å². The molecular weight excluding hydrogens is 502 g/mol. The van der Waals surface area contributed by atoms with Crippen LogP contribution in [-0.4, -0.2) is 30.0 Å². The van der Waals surface area contributed by atoms with Gasteiger partial charge in [0.2, 0.25) is 0 Å². The highest BCUT2D eigenvalue weighted by molar-refractivity contribution is 6.51. The van der Waals surface area contributed by atoms with Crippen molar-refractivity contribution in [1.82, 2.24) is 0 Å². The van der Waals surface area contributed by atoms with Crippen LogP contribution in [0.3, 0.4) is 0 Å². The minimum absolute atomic E-state index is 0.00137. The van der Waals surface area contributed by atoms with Crippen LogP contribution in [0.15, 0.2) is 72.3 Å². The fraction of sp³-hybridized carbons (Fsp3) is 0.353. The maximum absolute atomic E-state index is 13.7. The van der Waals surface area contributed by atoms with Gasteiger partial charge in [0.1, 0.15) is 17.3 Å². The maximum atomic E-state index is 13.7. The molecule has 3 aromatic carbocycles. The minimum Gasteiger partial charge on any atom is -0.507 e. The number of hydrogen-bond acceptors (Lipinski definition) is 5. The van der Waals surface area contributed by atoms with Crippen LogP contribution in [0.5, 0.6) is 11.5 Å². The van der Waals surface area contributed by atoms with Crippen molar-refractivity contribution in [3.63, 3.8) is 0 Å². The molecule has 0 radical (unpaired) electrons. The molecule has 1 fully saturated rings. The van der Waals surface area contributed by atoms with Gasteiger partial charge in [0.25, 0.3) is 11.7 Å². The van der Waals surface area contributed by atoms with Gasteiger partial charge >= 0.3 is 0 Å². The van der Waals surface area contributed by atoms with E-state index in [2.05, 4.69) is 34.6 Å². The lowest BCUT2D eigenvalue weighted by Gasteiger charge is -2.26. The van der Waals surface area contributed by atoms with E-state index in [1.807, 2.05) is 74.5 Å². The summed E-state index contributed by atoms with van der Waals surface area (Å²) in [7, 11) is 1.52. The number of aliphatic hydroxyl groups excluding tert-OH is 1. The summed E-state index contributed by atoms with van der Waals surface area (Å²) < 4.78 is 11.4. The molecule has 3 aromatic rings. The third-order valence-corrected chi connectivity index (χ3v) is 7.17. The minimum atomic E-state index is -0.846. The van der Waals surface area contributed by atoms with Crippen molar-refractivity contribution in [2.24, 2.45) is 0 Å². The highest BCUT2D eigenvalue weighted by Crippen LogP contribution is 2.44. The average molecular weight is 542 g/mol. The van der Waals surface area contributed by atoms with Crippen molar-refractivity contribution in [2.45, 2.75) is 71.9 Å². The van der Waals surface area contributed by atoms with Gasteiger partial charge < -0.3 is 14.6 Å². The number of carbonyl (C=O) groups excluding carboxylic acids is 2. The largest absolute Gasteiger partial charge is 0.507 e. The predicted molar refractivity (Wildman–Crippen MR) is 159 cm³/mol. The first-order valence-corrected chi connectivity index (χ1v) is 13.7. The number of benzene rings is 3.